The number of aromatic nitrogens is 1. The zero-order valence-corrected chi connectivity index (χ0v) is 18.3. The van der Waals surface area contributed by atoms with E-state index in [0.717, 1.165) is 11.1 Å². The summed E-state index contributed by atoms with van der Waals surface area (Å²) in [5.74, 6) is -1.23. The van der Waals surface area contributed by atoms with Gasteiger partial charge in [0.2, 0.25) is 15.7 Å². The number of carbonyl (C=O) groups is 2. The van der Waals surface area contributed by atoms with Gasteiger partial charge in [-0.1, -0.05) is 17.7 Å². The molecule has 2 amide bonds. The zero-order valence-electron chi connectivity index (χ0n) is 16.7. The molecule has 3 aromatic rings. The maximum atomic E-state index is 13.6. The fourth-order valence-corrected chi connectivity index (χ4v) is 5.39. The van der Waals surface area contributed by atoms with Crippen LogP contribution in [0.4, 0.5) is 0 Å². The van der Waals surface area contributed by atoms with E-state index in [0.29, 0.717) is 15.9 Å². The molecule has 0 fully saturated rings. The molecule has 0 saturated carbocycles. The Kier molecular flexibility index (Phi) is 5.92. The summed E-state index contributed by atoms with van der Waals surface area (Å²) in [6, 6.07) is 9.14. The number of nitrogens with two attached hydrogens (primary N) is 1. The predicted molar refractivity (Wildman–Crippen MR) is 115 cm³/mol. The summed E-state index contributed by atoms with van der Waals surface area (Å²) in [6.45, 7) is 5.22. The number of benzene rings is 2. The van der Waals surface area contributed by atoms with Crippen LogP contribution in [-0.2, 0) is 14.6 Å². The van der Waals surface area contributed by atoms with Crippen molar-refractivity contribution in [2.45, 2.75) is 43.0 Å². The minimum Gasteiger partial charge on any atom is -0.370 e. The van der Waals surface area contributed by atoms with Gasteiger partial charge in [-0.25, -0.2) is 8.42 Å². The number of H-pyrrole nitrogens is 1. The molecule has 1 atom stereocenters. The lowest BCUT2D eigenvalue weighted by Gasteiger charge is -2.13. The van der Waals surface area contributed by atoms with E-state index in [-0.39, 0.29) is 21.9 Å². The van der Waals surface area contributed by atoms with Crippen molar-refractivity contribution in [3.63, 3.8) is 0 Å². The molecule has 2 aromatic carbocycles. The molecule has 0 aliphatic rings. The summed E-state index contributed by atoms with van der Waals surface area (Å²) < 4.78 is 27.2. The standard InChI is InChI=1S/C21H22ClN3O4S/c1-11-6-12(2)8-15(7-11)30(28,29)20-16-10-14(22)4-5-17(16)25-19(20)21(27)24-13(3)9-18(23)26/h4-8,10,13,25H,9H2,1-3H3,(H2,23,26)(H,24,27)/t13-/m0/s1. The van der Waals surface area contributed by atoms with Crippen LogP contribution in [0.5, 0.6) is 0 Å². The Bertz CT molecular complexity index is 1240. The van der Waals surface area contributed by atoms with Crippen molar-refractivity contribution in [1.29, 1.82) is 0 Å². The Labute approximate surface area is 179 Å². The van der Waals surface area contributed by atoms with Gasteiger partial charge in [0.15, 0.2) is 0 Å². The van der Waals surface area contributed by atoms with Crippen molar-refractivity contribution in [2.75, 3.05) is 0 Å². The third-order valence-corrected chi connectivity index (χ3v) is 6.65. The average Bonchev–Trinajstić information content (AvgIpc) is 2.99. The van der Waals surface area contributed by atoms with Gasteiger partial charge in [-0.3, -0.25) is 9.59 Å². The van der Waals surface area contributed by atoms with E-state index in [1.165, 1.54) is 6.07 Å². The van der Waals surface area contributed by atoms with Gasteiger partial charge in [0.1, 0.15) is 10.6 Å². The Morgan fingerprint density at radius 2 is 1.77 bits per heavy atom. The van der Waals surface area contributed by atoms with E-state index < -0.39 is 27.7 Å². The highest BCUT2D eigenvalue weighted by atomic mass is 35.5. The monoisotopic (exact) mass is 447 g/mol. The lowest BCUT2D eigenvalue weighted by atomic mass is 10.2. The van der Waals surface area contributed by atoms with Crippen molar-refractivity contribution >= 4 is 44.2 Å². The second-order valence-electron chi connectivity index (χ2n) is 7.39. The molecule has 9 heteroatoms. The van der Waals surface area contributed by atoms with Crippen LogP contribution in [0.25, 0.3) is 10.9 Å². The molecule has 0 bridgehead atoms. The summed E-state index contributed by atoms with van der Waals surface area (Å²) in [5, 5.41) is 3.28. The van der Waals surface area contributed by atoms with Crippen LogP contribution in [0.2, 0.25) is 5.02 Å². The van der Waals surface area contributed by atoms with E-state index in [1.54, 1.807) is 45.0 Å². The first kappa shape index (κ1) is 21.9. The molecule has 7 nitrogen and oxygen atoms in total. The van der Waals surface area contributed by atoms with Crippen molar-refractivity contribution in [2.24, 2.45) is 5.73 Å². The lowest BCUT2D eigenvalue weighted by molar-refractivity contribution is -0.118. The number of aromatic amines is 1. The van der Waals surface area contributed by atoms with E-state index in [1.807, 2.05) is 6.07 Å². The smallest absolute Gasteiger partial charge is 0.269 e. The van der Waals surface area contributed by atoms with Crippen molar-refractivity contribution in [3.05, 3.63) is 58.2 Å². The molecule has 0 unspecified atom stereocenters. The minimum atomic E-state index is -4.06. The van der Waals surface area contributed by atoms with Crippen LogP contribution >= 0.6 is 11.6 Å². The largest absolute Gasteiger partial charge is 0.370 e. The number of primary amides is 1. The Balaban J connectivity index is 2.21. The maximum absolute atomic E-state index is 13.6. The number of carbonyl (C=O) groups excluding carboxylic acids is 2. The van der Waals surface area contributed by atoms with E-state index in [2.05, 4.69) is 10.3 Å². The number of nitrogens with one attached hydrogen (secondary N) is 2. The Morgan fingerprint density at radius 3 is 2.37 bits per heavy atom. The van der Waals surface area contributed by atoms with E-state index in [9.17, 15) is 18.0 Å². The molecular weight excluding hydrogens is 426 g/mol. The van der Waals surface area contributed by atoms with Gasteiger partial charge in [-0.15, -0.1) is 0 Å². The number of hydrogen-bond donors (Lipinski definition) is 3. The number of fused-ring (bicyclic) bond motifs is 1. The molecule has 30 heavy (non-hydrogen) atoms. The quantitative estimate of drug-likeness (QED) is 0.536. The normalized spacial score (nSPS) is 12.7. The number of sulfone groups is 1. The SMILES string of the molecule is Cc1cc(C)cc(S(=O)(=O)c2c(C(=O)N[C@@H](C)CC(N)=O)[nH]c3ccc(Cl)cc23)c1. The fraction of sp³-hybridized carbons (Fsp3) is 0.238. The predicted octanol–water partition coefficient (Wildman–Crippen LogP) is 3.26. The zero-order chi connectivity index (χ0) is 22.2. The summed E-state index contributed by atoms with van der Waals surface area (Å²) in [5.41, 5.74) is 7.08. The summed E-state index contributed by atoms with van der Waals surface area (Å²) in [7, 11) is -4.06. The topological polar surface area (TPSA) is 122 Å². The molecule has 4 N–H and O–H groups in total. The third-order valence-electron chi connectivity index (χ3n) is 4.60. The van der Waals surface area contributed by atoms with E-state index in [4.69, 9.17) is 17.3 Å². The van der Waals surface area contributed by atoms with Gasteiger partial charge < -0.3 is 16.0 Å². The van der Waals surface area contributed by atoms with Crippen molar-refractivity contribution < 1.29 is 18.0 Å². The molecule has 3 rings (SSSR count). The first-order valence-corrected chi connectivity index (χ1v) is 11.1. The second kappa shape index (κ2) is 8.12. The van der Waals surface area contributed by atoms with Crippen LogP contribution in [-0.4, -0.2) is 31.3 Å². The molecule has 0 saturated heterocycles. The number of halogens is 1. The minimum absolute atomic E-state index is 0.0725. The molecule has 1 heterocycles. The van der Waals surface area contributed by atoms with Crippen LogP contribution in [0.1, 0.15) is 35.0 Å². The molecule has 0 radical (unpaired) electrons. The molecule has 0 spiro atoms. The lowest BCUT2D eigenvalue weighted by Crippen LogP contribution is -2.36. The van der Waals surface area contributed by atoms with Crippen LogP contribution in [0.3, 0.4) is 0 Å². The molecule has 158 valence electrons. The number of rotatable bonds is 6. The van der Waals surface area contributed by atoms with Gasteiger partial charge in [-0.05, 0) is 62.2 Å². The maximum Gasteiger partial charge on any atom is 0.269 e. The molecular formula is C21H22ClN3O4S. The van der Waals surface area contributed by atoms with Crippen molar-refractivity contribution in [3.8, 4) is 0 Å². The summed E-state index contributed by atoms with van der Waals surface area (Å²) in [6.07, 6.45) is -0.0725. The second-order valence-corrected chi connectivity index (χ2v) is 9.71. The van der Waals surface area contributed by atoms with Gasteiger partial charge >= 0.3 is 0 Å². The van der Waals surface area contributed by atoms with Gasteiger partial charge in [0.05, 0.1) is 4.90 Å². The highest BCUT2D eigenvalue weighted by Gasteiger charge is 2.30. The first-order valence-electron chi connectivity index (χ1n) is 9.23. The summed E-state index contributed by atoms with van der Waals surface area (Å²) in [4.78, 5) is 26.9. The fourth-order valence-electron chi connectivity index (χ4n) is 3.43. The Hall–Kier alpha value is -2.84. The van der Waals surface area contributed by atoms with Crippen LogP contribution < -0.4 is 11.1 Å². The van der Waals surface area contributed by atoms with E-state index >= 15 is 0 Å². The molecule has 0 aliphatic carbocycles. The molecule has 0 aliphatic heterocycles. The highest BCUT2D eigenvalue weighted by Crippen LogP contribution is 2.34. The highest BCUT2D eigenvalue weighted by molar-refractivity contribution is 7.91. The Morgan fingerprint density at radius 1 is 1.13 bits per heavy atom. The van der Waals surface area contributed by atoms with Crippen LogP contribution in [0, 0.1) is 13.8 Å². The number of hydrogen-bond acceptors (Lipinski definition) is 4. The van der Waals surface area contributed by atoms with Crippen molar-refractivity contribution in [1.82, 2.24) is 10.3 Å². The van der Waals surface area contributed by atoms with Gasteiger partial charge in [0, 0.05) is 28.4 Å². The number of amides is 2. The van der Waals surface area contributed by atoms with Gasteiger partial charge in [-0.2, -0.15) is 0 Å². The average molecular weight is 448 g/mol. The number of aryl methyl sites for hydroxylation is 2. The summed E-state index contributed by atoms with van der Waals surface area (Å²) >= 11 is 6.11. The first-order chi connectivity index (χ1) is 14.0. The van der Waals surface area contributed by atoms with Gasteiger partial charge in [0.25, 0.3) is 5.91 Å². The third kappa shape index (κ3) is 4.34. The van der Waals surface area contributed by atoms with Crippen LogP contribution in [0.15, 0.2) is 46.2 Å². The molecule has 1 aromatic heterocycles.